The Morgan fingerprint density at radius 3 is 2.08 bits per heavy atom. The molecule has 3 aromatic rings. The molecule has 208 valence electrons. The molecule has 1 atom stereocenters. The molecule has 9 nitrogen and oxygen atoms in total. The second-order valence-corrected chi connectivity index (χ2v) is 12.3. The third-order valence-electron chi connectivity index (χ3n) is 6.49. The second kappa shape index (κ2) is 12.3. The van der Waals surface area contributed by atoms with Crippen LogP contribution in [0.1, 0.15) is 40.0 Å². The van der Waals surface area contributed by atoms with Crippen LogP contribution in [-0.2, 0) is 14.8 Å². The third-order valence-corrected chi connectivity index (χ3v) is 8.45. The van der Waals surface area contributed by atoms with Gasteiger partial charge in [0.05, 0.1) is 29.1 Å². The van der Waals surface area contributed by atoms with Crippen LogP contribution in [0.4, 0.5) is 5.69 Å². The molecule has 1 saturated heterocycles. The van der Waals surface area contributed by atoms with Gasteiger partial charge in [-0.1, -0.05) is 47.5 Å². The molecule has 1 fully saturated rings. The van der Waals surface area contributed by atoms with E-state index in [0.29, 0.717) is 23.1 Å². The van der Waals surface area contributed by atoms with Gasteiger partial charge in [-0.25, -0.2) is 8.42 Å². The van der Waals surface area contributed by atoms with E-state index in [9.17, 15) is 23.3 Å². The Morgan fingerprint density at radius 2 is 1.57 bits per heavy atom. The summed E-state index contributed by atoms with van der Waals surface area (Å²) in [6.45, 7) is 2.34. The first-order valence-electron chi connectivity index (χ1n) is 12.3. The van der Waals surface area contributed by atoms with E-state index >= 15 is 0 Å². The van der Waals surface area contributed by atoms with Gasteiger partial charge >= 0.3 is 5.97 Å². The van der Waals surface area contributed by atoms with Gasteiger partial charge in [0.2, 0.25) is 10.0 Å². The van der Waals surface area contributed by atoms with E-state index in [1.165, 1.54) is 25.1 Å². The minimum atomic E-state index is -3.84. The number of amides is 1. The number of anilines is 1. The smallest absolute Gasteiger partial charge is 0.325 e. The number of hydrogen-bond donors (Lipinski definition) is 3. The number of carbonyl (C=O) groups excluding carboxylic acids is 1. The third kappa shape index (κ3) is 7.31. The fourth-order valence-electron chi connectivity index (χ4n) is 4.59. The van der Waals surface area contributed by atoms with Crippen LogP contribution in [0.25, 0.3) is 0 Å². The molecule has 0 saturated carbocycles. The van der Waals surface area contributed by atoms with Gasteiger partial charge in [-0.3, -0.25) is 19.2 Å². The van der Waals surface area contributed by atoms with Crippen molar-refractivity contribution in [3.05, 3.63) is 99.0 Å². The molecule has 1 heterocycles. The number of carboxylic acids is 1. The number of nitriles is 1. The second-order valence-electron chi connectivity index (χ2n) is 9.65. The highest BCUT2D eigenvalue weighted by Gasteiger charge is 2.36. The van der Waals surface area contributed by atoms with Crippen molar-refractivity contribution in [1.82, 2.24) is 10.2 Å². The molecule has 1 aliphatic heterocycles. The van der Waals surface area contributed by atoms with Gasteiger partial charge in [-0.05, 0) is 60.5 Å². The Kier molecular flexibility index (Phi) is 9.01. The van der Waals surface area contributed by atoms with Gasteiger partial charge < -0.3 is 10.4 Å². The summed E-state index contributed by atoms with van der Waals surface area (Å²) in [6.07, 6.45) is 0. The predicted octanol–water partition coefficient (Wildman–Crippen LogP) is 4.53. The normalized spacial score (nSPS) is 14.7. The molecule has 0 radical (unpaired) electrons. The Morgan fingerprint density at radius 1 is 1.02 bits per heavy atom. The molecule has 3 N–H and O–H groups in total. The molecule has 0 bridgehead atoms. The zero-order valence-corrected chi connectivity index (χ0v) is 23.7. The monoisotopic (exact) mass is 600 g/mol. The summed E-state index contributed by atoms with van der Waals surface area (Å²) < 4.78 is 28.5. The van der Waals surface area contributed by atoms with E-state index in [4.69, 9.17) is 28.3 Å². The number of hydrogen-bond acceptors (Lipinski definition) is 6. The first kappa shape index (κ1) is 29.4. The Bertz CT molecular complexity index is 1510. The summed E-state index contributed by atoms with van der Waals surface area (Å²) in [5.41, 5.74) is 2.10. The first-order valence-corrected chi connectivity index (χ1v) is 14.7. The number of nitrogens with one attached hydrogen (secondary N) is 2. The van der Waals surface area contributed by atoms with E-state index in [0.717, 1.165) is 11.1 Å². The summed E-state index contributed by atoms with van der Waals surface area (Å²) in [5, 5.41) is 21.9. The Balaban J connectivity index is 1.45. The van der Waals surface area contributed by atoms with Crippen LogP contribution < -0.4 is 10.0 Å². The van der Waals surface area contributed by atoms with Crippen molar-refractivity contribution >= 4 is 50.8 Å². The van der Waals surface area contributed by atoms with Gasteiger partial charge in [0.15, 0.2) is 0 Å². The quantitative estimate of drug-likeness (QED) is 0.310. The number of carboxylic acid groups (broad SMARTS) is 1. The molecule has 0 spiro atoms. The highest BCUT2D eigenvalue weighted by Crippen LogP contribution is 2.36. The number of sulfonamides is 1. The maximum absolute atomic E-state index is 13.0. The summed E-state index contributed by atoms with van der Waals surface area (Å²) in [7, 11) is -3.84. The highest BCUT2D eigenvalue weighted by molar-refractivity contribution is 7.92. The van der Waals surface area contributed by atoms with Crippen molar-refractivity contribution in [2.45, 2.75) is 19.0 Å². The molecule has 1 unspecified atom stereocenters. The lowest BCUT2D eigenvalue weighted by atomic mass is 9.91. The standard InChI is InChI=1S/C28H26Cl2N4O5S/c1-17(28(36)37)32-27(35)22-10-18(13-31)11-25(12-22)33-40(38,39)16-19-14-34(15-19)26(20-2-6-23(29)7-3-20)21-4-8-24(30)9-5-21/h2-12,17,19,26,33H,14-16H2,1H3,(H,32,35)(H,36,37). The summed E-state index contributed by atoms with van der Waals surface area (Å²) in [6, 6.07) is 19.5. The summed E-state index contributed by atoms with van der Waals surface area (Å²) in [4.78, 5) is 25.7. The van der Waals surface area contributed by atoms with Crippen LogP contribution in [0, 0.1) is 17.2 Å². The number of carbonyl (C=O) groups is 2. The van der Waals surface area contributed by atoms with Crippen LogP contribution in [-0.4, -0.2) is 55.2 Å². The number of rotatable bonds is 10. The molecule has 12 heteroatoms. The number of nitrogens with zero attached hydrogens (tertiary/aromatic N) is 2. The SMILES string of the molecule is CC(NC(=O)c1cc(C#N)cc(NS(=O)(=O)CC2CN(C(c3ccc(Cl)cc3)c3ccc(Cl)cc3)C2)c1)C(=O)O. The van der Waals surface area contributed by atoms with Gasteiger partial charge in [-0.15, -0.1) is 0 Å². The number of likely N-dealkylation sites (tertiary alicyclic amines) is 1. The van der Waals surface area contributed by atoms with E-state index in [1.54, 1.807) is 0 Å². The van der Waals surface area contributed by atoms with E-state index in [-0.39, 0.29) is 34.5 Å². The van der Waals surface area contributed by atoms with E-state index in [1.807, 2.05) is 54.6 Å². The maximum atomic E-state index is 13.0. The number of halogens is 2. The van der Waals surface area contributed by atoms with Crippen LogP contribution in [0.15, 0.2) is 66.7 Å². The highest BCUT2D eigenvalue weighted by atomic mass is 35.5. The Hall–Kier alpha value is -3.62. The van der Waals surface area contributed by atoms with Gasteiger partial charge in [0, 0.05) is 34.6 Å². The minimum Gasteiger partial charge on any atom is -0.480 e. The Labute approximate surface area is 242 Å². The van der Waals surface area contributed by atoms with Crippen molar-refractivity contribution in [1.29, 1.82) is 5.26 Å². The van der Waals surface area contributed by atoms with Crippen molar-refractivity contribution in [2.24, 2.45) is 5.92 Å². The lowest BCUT2D eigenvalue weighted by Gasteiger charge is -2.44. The van der Waals surface area contributed by atoms with Crippen LogP contribution >= 0.6 is 23.2 Å². The topological polar surface area (TPSA) is 140 Å². The molecular formula is C28H26Cl2N4O5S. The fraction of sp³-hybridized carbons (Fsp3) is 0.250. The average Bonchev–Trinajstić information content (AvgIpc) is 2.88. The molecular weight excluding hydrogens is 575 g/mol. The molecule has 1 aliphatic rings. The molecule has 0 aromatic heterocycles. The zero-order chi connectivity index (χ0) is 29.0. The molecule has 1 amide bonds. The van der Waals surface area contributed by atoms with E-state index in [2.05, 4.69) is 14.9 Å². The van der Waals surface area contributed by atoms with Crippen molar-refractivity contribution in [3.63, 3.8) is 0 Å². The zero-order valence-electron chi connectivity index (χ0n) is 21.3. The van der Waals surface area contributed by atoms with Gasteiger partial charge in [0.1, 0.15) is 6.04 Å². The lowest BCUT2D eigenvalue weighted by molar-refractivity contribution is -0.138. The number of benzene rings is 3. The average molecular weight is 602 g/mol. The largest absolute Gasteiger partial charge is 0.480 e. The maximum Gasteiger partial charge on any atom is 0.325 e. The summed E-state index contributed by atoms with van der Waals surface area (Å²) in [5.74, 6) is -2.28. The molecule has 40 heavy (non-hydrogen) atoms. The lowest BCUT2D eigenvalue weighted by Crippen LogP contribution is -2.51. The number of aliphatic carboxylic acids is 1. The van der Waals surface area contributed by atoms with Crippen LogP contribution in [0.2, 0.25) is 10.0 Å². The van der Waals surface area contributed by atoms with Crippen LogP contribution in [0.5, 0.6) is 0 Å². The van der Waals surface area contributed by atoms with Gasteiger partial charge in [-0.2, -0.15) is 5.26 Å². The molecule has 3 aromatic carbocycles. The summed E-state index contributed by atoms with van der Waals surface area (Å²) >= 11 is 12.2. The molecule has 0 aliphatic carbocycles. The predicted molar refractivity (Wildman–Crippen MR) is 153 cm³/mol. The molecule has 4 rings (SSSR count). The minimum absolute atomic E-state index is 0.0339. The van der Waals surface area contributed by atoms with Crippen molar-refractivity contribution in [3.8, 4) is 6.07 Å². The van der Waals surface area contributed by atoms with Crippen molar-refractivity contribution < 1.29 is 23.1 Å². The van der Waals surface area contributed by atoms with Crippen molar-refractivity contribution in [2.75, 3.05) is 23.6 Å². The first-order chi connectivity index (χ1) is 18.9. The van der Waals surface area contributed by atoms with Gasteiger partial charge in [0.25, 0.3) is 5.91 Å². The fourth-order valence-corrected chi connectivity index (χ4v) is 6.23. The van der Waals surface area contributed by atoms with Crippen LogP contribution in [0.3, 0.4) is 0 Å². The van der Waals surface area contributed by atoms with E-state index < -0.39 is 27.9 Å².